The highest BCUT2D eigenvalue weighted by Gasteiger charge is 2.08. The van der Waals surface area contributed by atoms with Gasteiger partial charge in [-0.2, -0.15) is 5.26 Å². The van der Waals surface area contributed by atoms with Crippen LogP contribution in [0.25, 0.3) is 0 Å². The summed E-state index contributed by atoms with van der Waals surface area (Å²) in [6.07, 6.45) is 2.23. The van der Waals surface area contributed by atoms with Crippen LogP contribution < -0.4 is 4.74 Å². The highest BCUT2D eigenvalue weighted by Crippen LogP contribution is 2.23. The minimum Gasteiger partial charge on any atom is -0.496 e. The van der Waals surface area contributed by atoms with Crippen LogP contribution in [0.2, 0.25) is 0 Å². The minimum absolute atomic E-state index is 0.0302. The third-order valence-electron chi connectivity index (χ3n) is 1.85. The molecule has 0 aromatic heterocycles. The van der Waals surface area contributed by atoms with E-state index >= 15 is 0 Å². The first-order valence-electron chi connectivity index (χ1n) is 4.10. The molecule has 0 aliphatic carbocycles. The number of nitrogens with zero attached hydrogens (tertiary/aromatic N) is 1. The van der Waals surface area contributed by atoms with E-state index in [9.17, 15) is 4.39 Å². The van der Waals surface area contributed by atoms with E-state index < -0.39 is 5.82 Å². The van der Waals surface area contributed by atoms with Gasteiger partial charge in [-0.1, -0.05) is 6.08 Å². The van der Waals surface area contributed by atoms with E-state index in [1.165, 1.54) is 19.2 Å². The van der Waals surface area contributed by atoms with Crippen molar-refractivity contribution in [3.63, 3.8) is 0 Å². The Balaban J connectivity index is 3.26. The van der Waals surface area contributed by atoms with Gasteiger partial charge in [0.1, 0.15) is 17.6 Å². The molecule has 0 heterocycles. The molecule has 0 atom stereocenters. The molecule has 0 unspecified atom stereocenters. The van der Waals surface area contributed by atoms with E-state index in [4.69, 9.17) is 10.00 Å². The average Bonchev–Trinajstić information content (AvgIpc) is 2.20. The molecule has 1 rings (SSSR count). The molecule has 0 saturated carbocycles. The molecule has 0 aliphatic heterocycles. The quantitative estimate of drug-likeness (QED) is 0.687. The fourth-order valence-electron chi connectivity index (χ4n) is 1.19. The third-order valence-corrected chi connectivity index (χ3v) is 1.85. The van der Waals surface area contributed by atoms with Gasteiger partial charge < -0.3 is 4.74 Å². The van der Waals surface area contributed by atoms with Crippen molar-refractivity contribution < 1.29 is 9.13 Å². The van der Waals surface area contributed by atoms with Crippen LogP contribution in [-0.4, -0.2) is 7.11 Å². The van der Waals surface area contributed by atoms with E-state index in [0.29, 0.717) is 12.2 Å². The number of hydrogen-bond acceptors (Lipinski definition) is 2. The summed E-state index contributed by atoms with van der Waals surface area (Å²) in [5.41, 5.74) is 0.795. The van der Waals surface area contributed by atoms with E-state index in [2.05, 4.69) is 6.58 Å². The molecule has 2 nitrogen and oxygen atoms in total. The van der Waals surface area contributed by atoms with E-state index in [1.54, 1.807) is 12.1 Å². The second kappa shape index (κ2) is 4.43. The van der Waals surface area contributed by atoms with Crippen LogP contribution in [0.4, 0.5) is 4.39 Å². The topological polar surface area (TPSA) is 33.0 Å². The molecule has 0 aliphatic rings. The summed E-state index contributed by atoms with van der Waals surface area (Å²) in [5.74, 6) is -0.112. The van der Waals surface area contributed by atoms with Crippen LogP contribution in [-0.2, 0) is 6.42 Å². The molecule has 72 valence electrons. The summed E-state index contributed by atoms with van der Waals surface area (Å²) >= 11 is 0. The van der Waals surface area contributed by atoms with Gasteiger partial charge in [0.2, 0.25) is 0 Å². The van der Waals surface area contributed by atoms with Gasteiger partial charge in [-0.05, 0) is 18.1 Å². The average molecular weight is 191 g/mol. The lowest BCUT2D eigenvalue weighted by Crippen LogP contribution is -1.94. The molecule has 0 radical (unpaired) electrons. The summed E-state index contributed by atoms with van der Waals surface area (Å²) in [4.78, 5) is 0. The summed E-state index contributed by atoms with van der Waals surface area (Å²) in [6.45, 7) is 3.58. The van der Waals surface area contributed by atoms with Gasteiger partial charge in [0, 0.05) is 6.07 Å². The summed E-state index contributed by atoms with van der Waals surface area (Å²) in [5, 5.41) is 8.62. The Morgan fingerprint density at radius 3 is 2.86 bits per heavy atom. The zero-order valence-corrected chi connectivity index (χ0v) is 7.88. The third kappa shape index (κ3) is 1.91. The van der Waals surface area contributed by atoms with Crippen molar-refractivity contribution in [1.82, 2.24) is 0 Å². The zero-order valence-electron chi connectivity index (χ0n) is 7.88. The van der Waals surface area contributed by atoms with Crippen molar-refractivity contribution in [3.8, 4) is 11.8 Å². The van der Waals surface area contributed by atoms with Crippen LogP contribution in [0.1, 0.15) is 11.1 Å². The summed E-state index contributed by atoms with van der Waals surface area (Å²) in [7, 11) is 1.47. The number of rotatable bonds is 3. The largest absolute Gasteiger partial charge is 0.496 e. The Labute approximate surface area is 82.2 Å². The maximum Gasteiger partial charge on any atom is 0.144 e. The van der Waals surface area contributed by atoms with E-state index in [-0.39, 0.29) is 5.56 Å². The highest BCUT2D eigenvalue weighted by molar-refractivity contribution is 5.43. The van der Waals surface area contributed by atoms with Crippen LogP contribution in [0.3, 0.4) is 0 Å². The molecule has 1 aromatic rings. The molecular formula is C11H10FNO. The maximum atomic E-state index is 13.1. The lowest BCUT2D eigenvalue weighted by Gasteiger charge is -2.07. The number of ether oxygens (including phenoxy) is 1. The van der Waals surface area contributed by atoms with E-state index in [0.717, 1.165) is 5.56 Å². The van der Waals surface area contributed by atoms with Crippen molar-refractivity contribution in [2.45, 2.75) is 6.42 Å². The maximum absolute atomic E-state index is 13.1. The first-order chi connectivity index (χ1) is 6.72. The van der Waals surface area contributed by atoms with Crippen LogP contribution in [0.15, 0.2) is 24.8 Å². The Morgan fingerprint density at radius 2 is 2.36 bits per heavy atom. The first kappa shape index (κ1) is 10.3. The first-order valence-corrected chi connectivity index (χ1v) is 4.10. The van der Waals surface area contributed by atoms with Gasteiger partial charge in [-0.25, -0.2) is 4.39 Å². The molecule has 0 amide bonds. The fraction of sp³-hybridized carbons (Fsp3) is 0.182. The molecule has 0 fully saturated rings. The number of allylic oxidation sites excluding steroid dienone is 1. The minimum atomic E-state index is -0.558. The molecular weight excluding hydrogens is 181 g/mol. The second-order valence-corrected chi connectivity index (χ2v) is 2.75. The fourth-order valence-corrected chi connectivity index (χ4v) is 1.19. The normalized spacial score (nSPS) is 9.21. The molecule has 3 heteroatoms. The lowest BCUT2D eigenvalue weighted by atomic mass is 10.1. The predicted octanol–water partition coefficient (Wildman–Crippen LogP) is 2.43. The van der Waals surface area contributed by atoms with Gasteiger partial charge in [0.25, 0.3) is 0 Å². The Kier molecular flexibility index (Phi) is 3.24. The zero-order chi connectivity index (χ0) is 10.6. The summed E-state index contributed by atoms with van der Waals surface area (Å²) < 4.78 is 18.1. The van der Waals surface area contributed by atoms with Crippen LogP contribution in [0, 0.1) is 17.1 Å². The molecule has 0 saturated heterocycles. The highest BCUT2D eigenvalue weighted by atomic mass is 19.1. The predicted molar refractivity (Wildman–Crippen MR) is 51.6 cm³/mol. The SMILES string of the molecule is C=CCc1cc(C#N)c(F)cc1OC. The number of benzene rings is 1. The Bertz CT molecular complexity index is 393. The van der Waals surface area contributed by atoms with Gasteiger partial charge in [0.15, 0.2) is 0 Å². The molecule has 14 heavy (non-hydrogen) atoms. The Morgan fingerprint density at radius 1 is 1.64 bits per heavy atom. The number of hydrogen-bond donors (Lipinski definition) is 0. The molecule has 0 bridgehead atoms. The van der Waals surface area contributed by atoms with Crippen LogP contribution >= 0.6 is 0 Å². The Hall–Kier alpha value is -1.82. The monoisotopic (exact) mass is 191 g/mol. The number of methoxy groups -OCH3 is 1. The number of nitriles is 1. The smallest absolute Gasteiger partial charge is 0.144 e. The standard InChI is InChI=1S/C11H10FNO/c1-3-4-8-5-9(7-13)10(12)6-11(8)14-2/h3,5-6H,1,4H2,2H3. The van der Waals surface area contributed by atoms with Crippen LogP contribution in [0.5, 0.6) is 5.75 Å². The van der Waals surface area contributed by atoms with Gasteiger partial charge in [0.05, 0.1) is 12.7 Å². The van der Waals surface area contributed by atoms with Crippen molar-refractivity contribution in [3.05, 3.63) is 41.7 Å². The number of halogens is 1. The van der Waals surface area contributed by atoms with Gasteiger partial charge >= 0.3 is 0 Å². The van der Waals surface area contributed by atoms with E-state index in [1.807, 2.05) is 0 Å². The molecule has 1 aromatic carbocycles. The summed E-state index contributed by atoms with van der Waals surface area (Å²) in [6, 6.07) is 4.48. The van der Waals surface area contributed by atoms with Crippen molar-refractivity contribution in [1.29, 1.82) is 5.26 Å². The van der Waals surface area contributed by atoms with Crippen molar-refractivity contribution in [2.24, 2.45) is 0 Å². The van der Waals surface area contributed by atoms with Gasteiger partial charge in [-0.3, -0.25) is 0 Å². The molecule has 0 N–H and O–H groups in total. The van der Waals surface area contributed by atoms with Crippen molar-refractivity contribution in [2.75, 3.05) is 7.11 Å². The second-order valence-electron chi connectivity index (χ2n) is 2.75. The lowest BCUT2D eigenvalue weighted by molar-refractivity contribution is 0.407. The van der Waals surface area contributed by atoms with Gasteiger partial charge in [-0.15, -0.1) is 6.58 Å². The van der Waals surface area contributed by atoms with Crippen molar-refractivity contribution >= 4 is 0 Å². The molecule has 0 spiro atoms.